The first kappa shape index (κ1) is 11.7. The topological polar surface area (TPSA) is 33.6 Å². The van der Waals surface area contributed by atoms with Crippen LogP contribution in [0.5, 0.6) is 0 Å². The standard InChI is InChI=1S/C11H12BrN3S2/c12-7-4-9-10(13-5-7)15(11(16)14-9)8-2-1-3-17-6-8/h4-5,8H,1-3,6H2,(H,14,16). The lowest BCUT2D eigenvalue weighted by atomic mass is 10.2. The Morgan fingerprint density at radius 1 is 1.59 bits per heavy atom. The smallest absolute Gasteiger partial charge is 0.179 e. The molecule has 0 aromatic carbocycles. The zero-order chi connectivity index (χ0) is 11.8. The van der Waals surface area contributed by atoms with Gasteiger partial charge < -0.3 is 4.98 Å². The Bertz CT molecular complexity index is 598. The fourth-order valence-corrected chi connectivity index (χ4v) is 4.06. The van der Waals surface area contributed by atoms with E-state index in [1.807, 2.05) is 24.0 Å². The molecule has 0 spiro atoms. The molecule has 6 heteroatoms. The Balaban J connectivity index is 2.14. The van der Waals surface area contributed by atoms with E-state index < -0.39 is 0 Å². The number of rotatable bonds is 1. The number of pyridine rings is 1. The summed E-state index contributed by atoms with van der Waals surface area (Å²) in [7, 11) is 0. The van der Waals surface area contributed by atoms with Gasteiger partial charge in [-0.25, -0.2) is 4.98 Å². The number of halogens is 1. The monoisotopic (exact) mass is 329 g/mol. The first-order valence-corrected chi connectivity index (χ1v) is 7.95. The Kier molecular flexibility index (Phi) is 3.28. The van der Waals surface area contributed by atoms with Gasteiger partial charge in [-0.3, -0.25) is 4.57 Å². The molecule has 0 aliphatic carbocycles. The SMILES string of the molecule is S=c1[nH]c2cc(Br)cnc2n1C1CCCSC1. The van der Waals surface area contributed by atoms with E-state index in [4.69, 9.17) is 12.2 Å². The van der Waals surface area contributed by atoms with Crippen LogP contribution in [-0.2, 0) is 0 Å². The van der Waals surface area contributed by atoms with E-state index in [0.29, 0.717) is 6.04 Å². The highest BCUT2D eigenvalue weighted by Crippen LogP contribution is 2.30. The first-order valence-electron chi connectivity index (χ1n) is 5.59. The summed E-state index contributed by atoms with van der Waals surface area (Å²) in [5.74, 6) is 2.41. The Morgan fingerprint density at radius 2 is 2.47 bits per heavy atom. The summed E-state index contributed by atoms with van der Waals surface area (Å²) in [6.07, 6.45) is 4.30. The van der Waals surface area contributed by atoms with Crippen molar-refractivity contribution >= 4 is 51.1 Å². The highest BCUT2D eigenvalue weighted by Gasteiger charge is 2.19. The predicted octanol–water partition coefficient (Wildman–Crippen LogP) is 3.92. The van der Waals surface area contributed by atoms with Gasteiger partial charge in [0.1, 0.15) is 0 Å². The van der Waals surface area contributed by atoms with Crippen molar-refractivity contribution in [3.63, 3.8) is 0 Å². The lowest BCUT2D eigenvalue weighted by molar-refractivity contribution is 0.504. The van der Waals surface area contributed by atoms with E-state index in [1.54, 1.807) is 0 Å². The summed E-state index contributed by atoms with van der Waals surface area (Å²) < 4.78 is 3.95. The van der Waals surface area contributed by atoms with Gasteiger partial charge in [-0.05, 0) is 52.8 Å². The number of thioether (sulfide) groups is 1. The second-order valence-corrected chi connectivity index (χ2v) is 6.65. The van der Waals surface area contributed by atoms with E-state index >= 15 is 0 Å². The maximum atomic E-state index is 5.42. The first-order chi connectivity index (χ1) is 8.25. The van der Waals surface area contributed by atoms with Crippen molar-refractivity contribution in [2.24, 2.45) is 0 Å². The van der Waals surface area contributed by atoms with Crippen molar-refractivity contribution < 1.29 is 0 Å². The number of hydrogen-bond donors (Lipinski definition) is 1. The van der Waals surface area contributed by atoms with Crippen molar-refractivity contribution in [2.45, 2.75) is 18.9 Å². The summed E-state index contributed by atoms with van der Waals surface area (Å²) in [6, 6.07) is 2.52. The molecular formula is C11H12BrN3S2. The van der Waals surface area contributed by atoms with Gasteiger partial charge in [0.05, 0.1) is 5.52 Å². The molecular weight excluding hydrogens is 318 g/mol. The van der Waals surface area contributed by atoms with Crippen LogP contribution in [0, 0.1) is 4.77 Å². The third-order valence-corrected chi connectivity index (χ3v) is 4.95. The minimum atomic E-state index is 0.490. The number of imidazole rings is 1. The molecule has 0 amide bonds. The number of nitrogens with zero attached hydrogens (tertiary/aromatic N) is 2. The molecule has 17 heavy (non-hydrogen) atoms. The molecule has 1 saturated heterocycles. The quantitative estimate of drug-likeness (QED) is 0.805. The fourth-order valence-electron chi connectivity index (χ4n) is 2.25. The van der Waals surface area contributed by atoms with Gasteiger partial charge in [-0.2, -0.15) is 11.8 Å². The average Bonchev–Trinajstić information content (AvgIpc) is 2.65. The minimum absolute atomic E-state index is 0.490. The molecule has 1 fully saturated rings. The van der Waals surface area contributed by atoms with E-state index in [0.717, 1.165) is 26.2 Å². The van der Waals surface area contributed by atoms with Gasteiger partial charge in [0.15, 0.2) is 10.4 Å². The predicted molar refractivity (Wildman–Crippen MR) is 78.2 cm³/mol. The normalized spacial score (nSPS) is 20.9. The summed E-state index contributed by atoms with van der Waals surface area (Å²) in [5.41, 5.74) is 1.99. The highest BCUT2D eigenvalue weighted by atomic mass is 79.9. The van der Waals surface area contributed by atoms with Gasteiger partial charge in [0.2, 0.25) is 0 Å². The summed E-state index contributed by atoms with van der Waals surface area (Å²) in [6.45, 7) is 0. The van der Waals surface area contributed by atoms with Crippen LogP contribution < -0.4 is 0 Å². The zero-order valence-corrected chi connectivity index (χ0v) is 12.4. The summed E-state index contributed by atoms with van der Waals surface area (Å²) >= 11 is 10.9. The molecule has 3 rings (SSSR count). The fraction of sp³-hybridized carbons (Fsp3) is 0.455. The number of aromatic amines is 1. The van der Waals surface area contributed by atoms with Crippen LogP contribution in [0.15, 0.2) is 16.7 Å². The molecule has 2 aromatic rings. The van der Waals surface area contributed by atoms with Crippen LogP contribution in [0.2, 0.25) is 0 Å². The van der Waals surface area contributed by atoms with Gasteiger partial charge in [0, 0.05) is 22.5 Å². The lowest BCUT2D eigenvalue weighted by Gasteiger charge is -2.22. The largest absolute Gasteiger partial charge is 0.329 e. The van der Waals surface area contributed by atoms with Crippen LogP contribution in [0.25, 0.3) is 11.2 Å². The second kappa shape index (κ2) is 4.74. The summed E-state index contributed by atoms with van der Waals surface area (Å²) in [4.78, 5) is 7.73. The maximum absolute atomic E-state index is 5.42. The number of H-pyrrole nitrogens is 1. The molecule has 1 atom stereocenters. The van der Waals surface area contributed by atoms with Gasteiger partial charge >= 0.3 is 0 Å². The molecule has 1 unspecified atom stereocenters. The van der Waals surface area contributed by atoms with Gasteiger partial charge in [-0.1, -0.05) is 0 Å². The zero-order valence-electron chi connectivity index (χ0n) is 9.15. The molecule has 1 aliphatic rings. The molecule has 90 valence electrons. The number of fused-ring (bicyclic) bond motifs is 1. The third-order valence-electron chi connectivity index (χ3n) is 3.02. The lowest BCUT2D eigenvalue weighted by Crippen LogP contribution is -2.16. The maximum Gasteiger partial charge on any atom is 0.179 e. The van der Waals surface area contributed by atoms with E-state index in [2.05, 4.69) is 30.5 Å². The molecule has 1 aliphatic heterocycles. The van der Waals surface area contributed by atoms with Crippen LogP contribution >= 0.6 is 39.9 Å². The van der Waals surface area contributed by atoms with Crippen LogP contribution in [0.1, 0.15) is 18.9 Å². The Labute approximate surface area is 117 Å². The van der Waals surface area contributed by atoms with Crippen LogP contribution in [-0.4, -0.2) is 26.0 Å². The Morgan fingerprint density at radius 3 is 3.24 bits per heavy atom. The molecule has 3 heterocycles. The summed E-state index contributed by atoms with van der Waals surface area (Å²) in [5, 5.41) is 0. The molecule has 0 bridgehead atoms. The van der Waals surface area contributed by atoms with Crippen molar-refractivity contribution in [1.29, 1.82) is 0 Å². The number of hydrogen-bond acceptors (Lipinski definition) is 3. The van der Waals surface area contributed by atoms with Gasteiger partial charge in [-0.15, -0.1) is 0 Å². The number of nitrogens with one attached hydrogen (secondary N) is 1. The molecule has 0 radical (unpaired) electrons. The molecule has 3 nitrogen and oxygen atoms in total. The molecule has 1 N–H and O–H groups in total. The van der Waals surface area contributed by atoms with E-state index in [-0.39, 0.29) is 0 Å². The van der Waals surface area contributed by atoms with Crippen molar-refractivity contribution in [3.05, 3.63) is 21.5 Å². The van der Waals surface area contributed by atoms with E-state index in [9.17, 15) is 0 Å². The number of aromatic nitrogens is 3. The van der Waals surface area contributed by atoms with Crippen LogP contribution in [0.4, 0.5) is 0 Å². The third kappa shape index (κ3) is 2.18. The van der Waals surface area contributed by atoms with Crippen molar-refractivity contribution in [3.8, 4) is 0 Å². The highest BCUT2D eigenvalue weighted by molar-refractivity contribution is 9.10. The molecule has 0 saturated carbocycles. The molecule has 2 aromatic heterocycles. The average molecular weight is 330 g/mol. The van der Waals surface area contributed by atoms with Crippen LogP contribution in [0.3, 0.4) is 0 Å². The minimum Gasteiger partial charge on any atom is -0.329 e. The van der Waals surface area contributed by atoms with Crippen molar-refractivity contribution in [1.82, 2.24) is 14.5 Å². The van der Waals surface area contributed by atoms with E-state index in [1.165, 1.54) is 18.6 Å². The van der Waals surface area contributed by atoms with Gasteiger partial charge in [0.25, 0.3) is 0 Å². The second-order valence-electron chi connectivity index (χ2n) is 4.20. The van der Waals surface area contributed by atoms with Crippen molar-refractivity contribution in [2.75, 3.05) is 11.5 Å². The Hall–Kier alpha value is -0.330.